The van der Waals surface area contributed by atoms with Crippen molar-refractivity contribution in [1.29, 1.82) is 0 Å². The van der Waals surface area contributed by atoms with Gasteiger partial charge in [-0.15, -0.1) is 24.0 Å². The maximum atomic E-state index is 6.12. The second kappa shape index (κ2) is 11.8. The van der Waals surface area contributed by atoms with Gasteiger partial charge in [0.05, 0.1) is 16.6 Å². The van der Waals surface area contributed by atoms with E-state index in [-0.39, 0.29) is 24.0 Å². The van der Waals surface area contributed by atoms with Crippen molar-refractivity contribution in [2.75, 3.05) is 19.6 Å². The van der Waals surface area contributed by atoms with E-state index in [2.05, 4.69) is 32.6 Å². The molecule has 0 radical (unpaired) electrons. The summed E-state index contributed by atoms with van der Waals surface area (Å²) < 4.78 is 4.85. The number of guanidine groups is 1. The van der Waals surface area contributed by atoms with E-state index in [0.29, 0.717) is 22.6 Å². The lowest BCUT2D eigenvalue weighted by atomic mass is 10.0. The minimum atomic E-state index is 0. The fraction of sp³-hybridized carbons (Fsp3) is 0.474. The molecule has 0 spiro atoms. The summed E-state index contributed by atoms with van der Waals surface area (Å²) in [6.07, 6.45) is 3.69. The smallest absolute Gasteiger partial charge is 0.191 e. The molecule has 0 amide bonds. The molecule has 0 atom stereocenters. The number of nitrogens with one attached hydrogen (secondary N) is 2. The highest BCUT2D eigenvalue weighted by atomic mass is 127. The quantitative estimate of drug-likeness (QED) is 0.326. The summed E-state index contributed by atoms with van der Waals surface area (Å²) in [6.45, 7) is 6.33. The zero-order chi connectivity index (χ0) is 19.1. The Kier molecular flexibility index (Phi) is 9.84. The first-order valence-corrected chi connectivity index (χ1v) is 10.00. The average molecular weight is 538 g/mol. The lowest BCUT2D eigenvalue weighted by Crippen LogP contribution is -2.48. The molecule has 1 aromatic carbocycles. The van der Waals surface area contributed by atoms with Gasteiger partial charge in [-0.25, -0.2) is 4.99 Å². The van der Waals surface area contributed by atoms with E-state index in [0.717, 1.165) is 50.7 Å². The maximum absolute atomic E-state index is 6.12. The van der Waals surface area contributed by atoms with Gasteiger partial charge in [0.25, 0.3) is 0 Å². The molecular weight excluding hydrogens is 512 g/mol. The summed E-state index contributed by atoms with van der Waals surface area (Å²) >= 11 is 12.1. The van der Waals surface area contributed by atoms with Crippen LogP contribution in [0, 0.1) is 0 Å². The van der Waals surface area contributed by atoms with Gasteiger partial charge >= 0.3 is 0 Å². The molecule has 1 aliphatic rings. The van der Waals surface area contributed by atoms with E-state index in [1.165, 1.54) is 5.56 Å². The lowest BCUT2D eigenvalue weighted by molar-refractivity contribution is 0.198. The molecule has 28 heavy (non-hydrogen) atoms. The van der Waals surface area contributed by atoms with Crippen LogP contribution >= 0.6 is 47.2 Å². The number of halogens is 3. The number of aliphatic imine (C=N–C) groups is 1. The second-order valence-corrected chi connectivity index (χ2v) is 7.44. The summed E-state index contributed by atoms with van der Waals surface area (Å²) in [6, 6.07) is 8.09. The fourth-order valence-electron chi connectivity index (χ4n) is 3.12. The molecule has 1 fully saturated rings. The SMILES string of the molecule is CCNC(=NCc1ccon1)NC1CCN(Cc2ccc(Cl)c(Cl)c2)CC1.I. The van der Waals surface area contributed by atoms with Crippen molar-refractivity contribution >= 4 is 53.1 Å². The summed E-state index contributed by atoms with van der Waals surface area (Å²) in [7, 11) is 0. The minimum Gasteiger partial charge on any atom is -0.364 e. The number of piperidine rings is 1. The Labute approximate surface area is 193 Å². The molecular formula is C19H26Cl2IN5O. The third kappa shape index (κ3) is 7.09. The van der Waals surface area contributed by atoms with Crippen molar-refractivity contribution in [3.05, 3.63) is 51.8 Å². The third-order valence-corrected chi connectivity index (χ3v) is 5.29. The highest BCUT2D eigenvalue weighted by Gasteiger charge is 2.20. The number of rotatable bonds is 6. The van der Waals surface area contributed by atoms with Gasteiger partial charge in [-0.2, -0.15) is 0 Å². The Balaban J connectivity index is 0.00000280. The molecule has 1 aromatic heterocycles. The third-order valence-electron chi connectivity index (χ3n) is 4.55. The van der Waals surface area contributed by atoms with E-state index >= 15 is 0 Å². The van der Waals surface area contributed by atoms with Crippen molar-refractivity contribution < 1.29 is 4.52 Å². The van der Waals surface area contributed by atoms with Crippen LogP contribution < -0.4 is 10.6 Å². The number of benzene rings is 1. The Morgan fingerprint density at radius 1 is 1.25 bits per heavy atom. The lowest BCUT2D eigenvalue weighted by Gasteiger charge is -2.33. The molecule has 9 heteroatoms. The van der Waals surface area contributed by atoms with Crippen LogP contribution in [0.15, 0.2) is 40.0 Å². The van der Waals surface area contributed by atoms with Crippen LogP contribution in [0.4, 0.5) is 0 Å². The summed E-state index contributed by atoms with van der Waals surface area (Å²) in [5.41, 5.74) is 2.02. The Bertz CT molecular complexity index is 749. The molecule has 6 nitrogen and oxygen atoms in total. The fourth-order valence-corrected chi connectivity index (χ4v) is 3.44. The molecule has 2 heterocycles. The molecule has 1 aliphatic heterocycles. The van der Waals surface area contributed by atoms with Crippen molar-refractivity contribution in [2.45, 2.75) is 38.9 Å². The first-order chi connectivity index (χ1) is 13.1. The summed E-state index contributed by atoms with van der Waals surface area (Å²) in [5.74, 6) is 0.823. The van der Waals surface area contributed by atoms with Gasteiger partial charge in [0.1, 0.15) is 12.0 Å². The number of aromatic nitrogens is 1. The predicted octanol–water partition coefficient (Wildman–Crippen LogP) is 4.32. The highest BCUT2D eigenvalue weighted by Crippen LogP contribution is 2.24. The van der Waals surface area contributed by atoms with Crippen LogP contribution in [0.2, 0.25) is 10.0 Å². The molecule has 0 aliphatic carbocycles. The monoisotopic (exact) mass is 537 g/mol. The van der Waals surface area contributed by atoms with E-state index in [9.17, 15) is 0 Å². The molecule has 2 N–H and O–H groups in total. The van der Waals surface area contributed by atoms with Crippen LogP contribution in [0.1, 0.15) is 31.0 Å². The van der Waals surface area contributed by atoms with E-state index in [4.69, 9.17) is 27.7 Å². The van der Waals surface area contributed by atoms with Crippen molar-refractivity contribution in [1.82, 2.24) is 20.7 Å². The Morgan fingerprint density at radius 3 is 2.68 bits per heavy atom. The van der Waals surface area contributed by atoms with Crippen molar-refractivity contribution in [2.24, 2.45) is 4.99 Å². The molecule has 2 aromatic rings. The highest BCUT2D eigenvalue weighted by molar-refractivity contribution is 14.0. The molecule has 3 rings (SSSR count). The average Bonchev–Trinajstić information content (AvgIpc) is 3.18. The van der Waals surface area contributed by atoms with Gasteiger partial charge in [-0.3, -0.25) is 4.90 Å². The summed E-state index contributed by atoms with van der Waals surface area (Å²) in [5, 5.41) is 11.9. The number of nitrogens with zero attached hydrogens (tertiary/aromatic N) is 3. The molecule has 1 saturated heterocycles. The minimum absolute atomic E-state index is 0. The standard InChI is InChI=1S/C19H25Cl2N5O.HI/c1-2-22-19(23-12-16-7-10-27-25-16)24-15-5-8-26(9-6-15)13-14-3-4-17(20)18(21)11-14;/h3-4,7,10-11,15H,2,5-6,8-9,12-13H2,1H3,(H2,22,23,24);1H. The first-order valence-electron chi connectivity index (χ1n) is 9.24. The second-order valence-electron chi connectivity index (χ2n) is 6.63. The van der Waals surface area contributed by atoms with Gasteiger partial charge in [0.2, 0.25) is 0 Å². The van der Waals surface area contributed by atoms with Crippen molar-refractivity contribution in [3.8, 4) is 0 Å². The van der Waals surface area contributed by atoms with Gasteiger partial charge in [0, 0.05) is 38.3 Å². The van der Waals surface area contributed by atoms with Gasteiger partial charge in [0.15, 0.2) is 5.96 Å². The van der Waals surface area contributed by atoms with Gasteiger partial charge in [-0.1, -0.05) is 34.4 Å². The van der Waals surface area contributed by atoms with Crippen LogP contribution in [0.25, 0.3) is 0 Å². The zero-order valence-electron chi connectivity index (χ0n) is 15.8. The molecule has 0 unspecified atom stereocenters. The van der Waals surface area contributed by atoms with Crippen LogP contribution in [0.5, 0.6) is 0 Å². The number of likely N-dealkylation sites (tertiary alicyclic amines) is 1. The number of hydrogen-bond donors (Lipinski definition) is 2. The normalized spacial score (nSPS) is 15.9. The number of hydrogen-bond acceptors (Lipinski definition) is 4. The molecule has 0 saturated carbocycles. The van der Waals surface area contributed by atoms with Crippen molar-refractivity contribution in [3.63, 3.8) is 0 Å². The first kappa shape index (κ1) is 23.3. The molecule has 154 valence electrons. The van der Waals surface area contributed by atoms with Crippen LogP contribution in [0.3, 0.4) is 0 Å². The predicted molar refractivity (Wildman–Crippen MR) is 125 cm³/mol. The maximum Gasteiger partial charge on any atom is 0.191 e. The van der Waals surface area contributed by atoms with E-state index < -0.39 is 0 Å². The Morgan fingerprint density at radius 2 is 2.04 bits per heavy atom. The van der Waals surface area contributed by atoms with E-state index in [1.54, 1.807) is 6.26 Å². The van der Waals surface area contributed by atoms with Gasteiger partial charge < -0.3 is 15.2 Å². The Hall–Kier alpha value is -1.03. The topological polar surface area (TPSA) is 65.7 Å². The summed E-state index contributed by atoms with van der Waals surface area (Å²) in [4.78, 5) is 7.03. The van der Waals surface area contributed by atoms with Crippen LogP contribution in [-0.4, -0.2) is 41.7 Å². The van der Waals surface area contributed by atoms with E-state index in [1.807, 2.05) is 24.3 Å². The van der Waals surface area contributed by atoms with Gasteiger partial charge in [-0.05, 0) is 37.5 Å². The largest absolute Gasteiger partial charge is 0.364 e. The van der Waals surface area contributed by atoms with Crippen LogP contribution in [-0.2, 0) is 13.1 Å². The zero-order valence-corrected chi connectivity index (χ0v) is 19.7. The molecule has 0 bridgehead atoms.